The van der Waals surface area contributed by atoms with E-state index in [1.807, 2.05) is 0 Å². The number of terminal acetylenes is 1. The third-order valence-corrected chi connectivity index (χ3v) is 1.87. The number of ketones is 1. The van der Waals surface area contributed by atoms with Gasteiger partial charge in [-0.1, -0.05) is 12.8 Å². The lowest BCUT2D eigenvalue weighted by molar-refractivity contribution is -0.117. The normalized spacial score (nSPS) is 19.4. The Bertz CT molecular complexity index is 146. The number of hydrogen-bond donors (Lipinski definition) is 0. The molecule has 0 aromatic carbocycles. The van der Waals surface area contributed by atoms with Crippen molar-refractivity contribution in [3.05, 3.63) is 0 Å². The van der Waals surface area contributed by atoms with E-state index in [-0.39, 0.29) is 11.7 Å². The molecule has 0 atom stereocenters. The molecule has 0 radical (unpaired) electrons. The number of carbonyl (C=O) groups excluding carboxylic acids is 1. The van der Waals surface area contributed by atoms with E-state index in [1.54, 1.807) is 0 Å². The van der Waals surface area contributed by atoms with E-state index in [4.69, 9.17) is 6.42 Å². The highest BCUT2D eigenvalue weighted by molar-refractivity contribution is 5.96. The number of Topliss-reactive ketones (excluding diaryl/α,β-unsaturated/α-hetero) is 1. The zero-order valence-electron chi connectivity index (χ0n) is 5.39. The van der Waals surface area contributed by atoms with E-state index in [2.05, 4.69) is 5.92 Å². The Morgan fingerprint density at radius 3 is 2.44 bits per heavy atom. The molecular weight excluding hydrogens is 112 g/mol. The third-order valence-electron chi connectivity index (χ3n) is 1.87. The largest absolute Gasteiger partial charge is 0.285 e. The molecule has 1 nitrogen and oxygen atoms in total. The molecule has 1 aliphatic rings. The maximum absolute atomic E-state index is 10.8. The number of carbonyl (C=O) groups is 1. The fraction of sp³-hybridized carbons (Fsp3) is 0.625. The van der Waals surface area contributed by atoms with E-state index in [9.17, 15) is 4.79 Å². The minimum Gasteiger partial charge on any atom is -0.285 e. The molecule has 48 valence electrons. The number of hydrogen-bond acceptors (Lipinski definition) is 1. The fourth-order valence-corrected chi connectivity index (χ4v) is 1.31. The number of rotatable bonds is 1. The Morgan fingerprint density at radius 1 is 1.44 bits per heavy atom. The predicted molar refractivity (Wildman–Crippen MR) is 35.8 cm³/mol. The Balaban J connectivity index is 2.44. The quantitative estimate of drug-likeness (QED) is 0.379. The first kappa shape index (κ1) is 6.35. The molecule has 0 N–H and O–H groups in total. The van der Waals surface area contributed by atoms with E-state index < -0.39 is 0 Å². The lowest BCUT2D eigenvalue weighted by Gasteiger charge is -1.98. The molecule has 1 saturated carbocycles. The van der Waals surface area contributed by atoms with Gasteiger partial charge in [0, 0.05) is 5.92 Å². The van der Waals surface area contributed by atoms with Gasteiger partial charge in [0.15, 0.2) is 0 Å². The maximum Gasteiger partial charge on any atom is 0.208 e. The first-order chi connectivity index (χ1) is 4.34. The van der Waals surface area contributed by atoms with Crippen LogP contribution in [-0.4, -0.2) is 5.78 Å². The molecule has 1 aliphatic carbocycles. The molecule has 0 unspecified atom stereocenters. The summed E-state index contributed by atoms with van der Waals surface area (Å²) in [7, 11) is 0. The molecular formula is C8H10O. The fourth-order valence-electron chi connectivity index (χ4n) is 1.31. The molecule has 0 aromatic heterocycles. The highest BCUT2D eigenvalue weighted by atomic mass is 16.1. The monoisotopic (exact) mass is 122 g/mol. The highest BCUT2D eigenvalue weighted by Crippen LogP contribution is 2.24. The lowest BCUT2D eigenvalue weighted by atomic mass is 10.0. The van der Waals surface area contributed by atoms with E-state index in [0.717, 1.165) is 12.8 Å². The summed E-state index contributed by atoms with van der Waals surface area (Å²) in [6.45, 7) is 0. The van der Waals surface area contributed by atoms with Crippen molar-refractivity contribution in [2.75, 3.05) is 0 Å². The van der Waals surface area contributed by atoms with Gasteiger partial charge in [-0.25, -0.2) is 0 Å². The topological polar surface area (TPSA) is 17.1 Å². The van der Waals surface area contributed by atoms with Crippen LogP contribution in [0, 0.1) is 18.3 Å². The van der Waals surface area contributed by atoms with Crippen molar-refractivity contribution in [1.29, 1.82) is 0 Å². The molecule has 0 bridgehead atoms. The maximum atomic E-state index is 10.8. The van der Waals surface area contributed by atoms with E-state index >= 15 is 0 Å². The van der Waals surface area contributed by atoms with Gasteiger partial charge < -0.3 is 0 Å². The second-order valence-electron chi connectivity index (χ2n) is 2.49. The van der Waals surface area contributed by atoms with Crippen molar-refractivity contribution >= 4 is 5.78 Å². The Hall–Kier alpha value is -0.770. The minimum atomic E-state index is 0.00694. The molecule has 1 fully saturated rings. The van der Waals surface area contributed by atoms with Gasteiger partial charge in [-0.2, -0.15) is 0 Å². The predicted octanol–water partition coefficient (Wildman–Crippen LogP) is 1.38. The zero-order chi connectivity index (χ0) is 6.69. The van der Waals surface area contributed by atoms with Crippen molar-refractivity contribution in [3.8, 4) is 12.3 Å². The van der Waals surface area contributed by atoms with Crippen LogP contribution in [0.2, 0.25) is 0 Å². The molecule has 0 saturated heterocycles. The van der Waals surface area contributed by atoms with Crippen LogP contribution in [0.15, 0.2) is 0 Å². The van der Waals surface area contributed by atoms with Gasteiger partial charge in [0.05, 0.1) is 0 Å². The summed E-state index contributed by atoms with van der Waals surface area (Å²) in [5.41, 5.74) is 0. The van der Waals surface area contributed by atoms with Gasteiger partial charge in [-0.05, 0) is 18.8 Å². The Morgan fingerprint density at radius 2 is 2.00 bits per heavy atom. The smallest absolute Gasteiger partial charge is 0.208 e. The molecule has 0 aromatic rings. The molecule has 1 rings (SSSR count). The van der Waals surface area contributed by atoms with Gasteiger partial charge in [0.2, 0.25) is 5.78 Å². The van der Waals surface area contributed by atoms with Crippen LogP contribution in [0.5, 0.6) is 0 Å². The van der Waals surface area contributed by atoms with Crippen molar-refractivity contribution < 1.29 is 4.79 Å². The van der Waals surface area contributed by atoms with Crippen LogP contribution in [0.1, 0.15) is 25.7 Å². The summed E-state index contributed by atoms with van der Waals surface area (Å²) < 4.78 is 0. The lowest BCUT2D eigenvalue weighted by Crippen LogP contribution is -2.06. The van der Waals surface area contributed by atoms with Gasteiger partial charge in [-0.3, -0.25) is 4.79 Å². The summed E-state index contributed by atoms with van der Waals surface area (Å²) in [5.74, 6) is 2.38. The molecule has 9 heavy (non-hydrogen) atoms. The molecule has 1 heteroatoms. The first-order valence-electron chi connectivity index (χ1n) is 3.35. The second-order valence-corrected chi connectivity index (χ2v) is 2.49. The van der Waals surface area contributed by atoms with Crippen LogP contribution in [0.4, 0.5) is 0 Å². The SMILES string of the molecule is C#CC(=O)C1CCCC1. The molecule has 0 heterocycles. The van der Waals surface area contributed by atoms with Crippen LogP contribution in [0.25, 0.3) is 0 Å². The van der Waals surface area contributed by atoms with Crippen molar-refractivity contribution in [2.45, 2.75) is 25.7 Å². The van der Waals surface area contributed by atoms with Gasteiger partial charge in [0.25, 0.3) is 0 Å². The highest BCUT2D eigenvalue weighted by Gasteiger charge is 2.20. The Labute approximate surface area is 55.4 Å². The minimum absolute atomic E-state index is 0.00694. The second kappa shape index (κ2) is 2.68. The summed E-state index contributed by atoms with van der Waals surface area (Å²) in [6, 6.07) is 0. The van der Waals surface area contributed by atoms with Crippen LogP contribution < -0.4 is 0 Å². The molecule has 0 aliphatic heterocycles. The summed E-state index contributed by atoms with van der Waals surface area (Å²) in [6.07, 6.45) is 9.34. The molecule has 0 spiro atoms. The van der Waals surface area contributed by atoms with Gasteiger partial charge in [0.1, 0.15) is 0 Å². The van der Waals surface area contributed by atoms with E-state index in [1.165, 1.54) is 12.8 Å². The standard InChI is InChI=1S/C8H10O/c1-2-8(9)7-5-3-4-6-7/h1,7H,3-6H2. The van der Waals surface area contributed by atoms with Crippen molar-refractivity contribution in [3.63, 3.8) is 0 Å². The zero-order valence-corrected chi connectivity index (χ0v) is 5.39. The van der Waals surface area contributed by atoms with Crippen LogP contribution in [0.3, 0.4) is 0 Å². The first-order valence-corrected chi connectivity index (χ1v) is 3.35. The molecule has 0 amide bonds. The Kier molecular flexibility index (Phi) is 1.89. The van der Waals surface area contributed by atoms with E-state index in [0.29, 0.717) is 0 Å². The van der Waals surface area contributed by atoms with Gasteiger partial charge in [-0.15, -0.1) is 6.42 Å². The van der Waals surface area contributed by atoms with Crippen LogP contribution in [-0.2, 0) is 4.79 Å². The average molecular weight is 122 g/mol. The van der Waals surface area contributed by atoms with Crippen molar-refractivity contribution in [1.82, 2.24) is 0 Å². The summed E-state index contributed by atoms with van der Waals surface area (Å²) in [5, 5.41) is 0. The summed E-state index contributed by atoms with van der Waals surface area (Å²) >= 11 is 0. The summed E-state index contributed by atoms with van der Waals surface area (Å²) in [4.78, 5) is 10.8. The third kappa shape index (κ3) is 1.32. The van der Waals surface area contributed by atoms with Gasteiger partial charge >= 0.3 is 0 Å². The van der Waals surface area contributed by atoms with Crippen molar-refractivity contribution in [2.24, 2.45) is 5.92 Å². The average Bonchev–Trinajstić information content (AvgIpc) is 2.37. The van der Waals surface area contributed by atoms with Crippen LogP contribution >= 0.6 is 0 Å².